The lowest BCUT2D eigenvalue weighted by Crippen LogP contribution is -2.38. The van der Waals surface area contributed by atoms with Gasteiger partial charge in [0.05, 0.1) is 12.1 Å². The van der Waals surface area contributed by atoms with Gasteiger partial charge in [0, 0.05) is 12.7 Å². The Kier molecular flexibility index (Phi) is 8.69. The molecule has 0 saturated carbocycles. The number of carbonyl (C=O) groups excluding carboxylic acids is 3. The van der Waals surface area contributed by atoms with Crippen LogP contribution >= 0.6 is 11.8 Å². The Bertz CT molecular complexity index is 587. The largest absolute Gasteiger partial charge is 0.452 e. The number of nitrogens with zero attached hydrogens (tertiary/aromatic N) is 1. The van der Waals surface area contributed by atoms with Crippen LogP contribution in [-0.4, -0.2) is 48.2 Å². The van der Waals surface area contributed by atoms with E-state index in [9.17, 15) is 23.2 Å². The Morgan fingerprint density at radius 3 is 2.71 bits per heavy atom. The van der Waals surface area contributed by atoms with E-state index in [0.717, 1.165) is 6.42 Å². The zero-order valence-corrected chi connectivity index (χ0v) is 13.7. The van der Waals surface area contributed by atoms with Crippen LogP contribution in [0.15, 0.2) is 23.4 Å². The first-order valence-corrected chi connectivity index (χ1v) is 7.92. The van der Waals surface area contributed by atoms with E-state index in [1.807, 2.05) is 6.92 Å². The van der Waals surface area contributed by atoms with E-state index in [1.165, 1.54) is 18.3 Å². The van der Waals surface area contributed by atoms with E-state index in [-0.39, 0.29) is 34.8 Å². The van der Waals surface area contributed by atoms with Gasteiger partial charge in [0.2, 0.25) is 5.91 Å². The van der Waals surface area contributed by atoms with Crippen molar-refractivity contribution in [3.63, 3.8) is 0 Å². The van der Waals surface area contributed by atoms with Gasteiger partial charge < -0.3 is 15.4 Å². The summed E-state index contributed by atoms with van der Waals surface area (Å²) in [6, 6.07) is 2.67. The summed E-state index contributed by atoms with van der Waals surface area (Å²) in [6.07, 6.45) is 2.03. The van der Waals surface area contributed by atoms with E-state index in [2.05, 4.69) is 15.6 Å². The van der Waals surface area contributed by atoms with Crippen LogP contribution in [0.1, 0.15) is 23.7 Å². The van der Waals surface area contributed by atoms with Crippen molar-refractivity contribution < 1.29 is 27.9 Å². The number of hydrogen-bond acceptors (Lipinski definition) is 6. The van der Waals surface area contributed by atoms with Crippen molar-refractivity contribution >= 4 is 29.5 Å². The zero-order chi connectivity index (χ0) is 17.9. The quantitative estimate of drug-likeness (QED) is 0.507. The Balaban J connectivity index is 2.46. The average Bonchev–Trinajstić information content (AvgIpc) is 2.55. The number of esters is 1. The van der Waals surface area contributed by atoms with Gasteiger partial charge in [0.25, 0.3) is 11.7 Å². The highest BCUT2D eigenvalue weighted by Crippen LogP contribution is 2.26. The summed E-state index contributed by atoms with van der Waals surface area (Å²) in [5, 5.41) is 4.65. The van der Waals surface area contributed by atoms with Crippen LogP contribution in [0.3, 0.4) is 0 Å². The molecule has 0 aliphatic rings. The van der Waals surface area contributed by atoms with E-state index in [0.29, 0.717) is 6.54 Å². The normalized spacial score (nSPS) is 10.3. The predicted octanol–water partition coefficient (Wildman–Crippen LogP) is 1.20. The molecule has 0 unspecified atom stereocenters. The summed E-state index contributed by atoms with van der Waals surface area (Å²) >= 11 is 0.111. The van der Waals surface area contributed by atoms with Gasteiger partial charge in [-0.05, 0) is 30.3 Å². The fourth-order valence-electron chi connectivity index (χ4n) is 1.49. The van der Waals surface area contributed by atoms with E-state index >= 15 is 0 Å². The second kappa shape index (κ2) is 10.5. The summed E-state index contributed by atoms with van der Waals surface area (Å²) in [5.74, 6) is -4.73. The molecule has 132 valence electrons. The molecule has 1 rings (SSSR count). The number of halogens is 2. The molecule has 0 atom stereocenters. The molecule has 1 aromatic rings. The van der Waals surface area contributed by atoms with Crippen LogP contribution in [0, 0.1) is 0 Å². The standard InChI is InChI=1S/C14H17F2N3O4S/c1-2-5-17-10(20)7-19-11(21)8-23-13(22)9-4-3-6-18-12(9)24-14(15)16/h3-4,6,14H,2,5,7-8H2,1H3,(H,17,20)(H,19,21). The molecule has 10 heteroatoms. The second-order valence-electron chi connectivity index (χ2n) is 4.44. The van der Waals surface area contributed by atoms with Crippen LogP contribution in [-0.2, 0) is 14.3 Å². The molecule has 2 amide bonds. The van der Waals surface area contributed by atoms with Gasteiger partial charge in [-0.25, -0.2) is 9.78 Å². The van der Waals surface area contributed by atoms with Crippen LogP contribution in [0.5, 0.6) is 0 Å². The molecule has 0 bridgehead atoms. The van der Waals surface area contributed by atoms with Crippen molar-refractivity contribution in [1.29, 1.82) is 0 Å². The third-order valence-corrected chi connectivity index (χ3v) is 3.27. The fraction of sp³-hybridized carbons (Fsp3) is 0.429. The number of hydrogen-bond donors (Lipinski definition) is 2. The molecule has 2 N–H and O–H groups in total. The fourth-order valence-corrected chi connectivity index (χ4v) is 2.06. The Morgan fingerprint density at radius 2 is 2.04 bits per heavy atom. The maximum absolute atomic E-state index is 12.4. The molecular formula is C14H17F2N3O4S. The van der Waals surface area contributed by atoms with Gasteiger partial charge in [0.15, 0.2) is 6.61 Å². The molecule has 0 aliphatic heterocycles. The number of ether oxygens (including phenoxy) is 1. The van der Waals surface area contributed by atoms with E-state index in [4.69, 9.17) is 4.74 Å². The molecule has 0 aromatic carbocycles. The first-order chi connectivity index (χ1) is 11.4. The van der Waals surface area contributed by atoms with Crippen LogP contribution in [0.4, 0.5) is 8.78 Å². The third kappa shape index (κ3) is 7.36. The van der Waals surface area contributed by atoms with Gasteiger partial charge >= 0.3 is 5.97 Å². The molecule has 0 aliphatic carbocycles. The summed E-state index contributed by atoms with van der Waals surface area (Å²) in [7, 11) is 0. The number of thioether (sulfide) groups is 1. The second-order valence-corrected chi connectivity index (χ2v) is 5.42. The van der Waals surface area contributed by atoms with E-state index in [1.54, 1.807) is 0 Å². The molecular weight excluding hydrogens is 344 g/mol. The first kappa shape index (κ1) is 19.8. The minimum Gasteiger partial charge on any atom is -0.452 e. The van der Waals surface area contributed by atoms with Crippen molar-refractivity contribution in [3.05, 3.63) is 23.9 Å². The van der Waals surface area contributed by atoms with Crippen LogP contribution in [0.2, 0.25) is 0 Å². The molecule has 1 heterocycles. The van der Waals surface area contributed by atoms with Crippen molar-refractivity contribution in [3.8, 4) is 0 Å². The zero-order valence-electron chi connectivity index (χ0n) is 12.9. The Morgan fingerprint density at radius 1 is 1.29 bits per heavy atom. The van der Waals surface area contributed by atoms with Crippen LogP contribution in [0.25, 0.3) is 0 Å². The van der Waals surface area contributed by atoms with Crippen molar-refractivity contribution in [2.45, 2.75) is 24.1 Å². The first-order valence-electron chi connectivity index (χ1n) is 7.04. The molecule has 7 nitrogen and oxygen atoms in total. The highest BCUT2D eigenvalue weighted by Gasteiger charge is 2.18. The Hall–Kier alpha value is -2.23. The number of pyridine rings is 1. The number of carbonyl (C=O) groups is 3. The van der Waals surface area contributed by atoms with Gasteiger partial charge in [-0.3, -0.25) is 9.59 Å². The highest BCUT2D eigenvalue weighted by molar-refractivity contribution is 7.99. The molecule has 0 fully saturated rings. The predicted molar refractivity (Wildman–Crippen MR) is 82.7 cm³/mol. The minimum absolute atomic E-state index is 0.111. The van der Waals surface area contributed by atoms with Crippen LogP contribution < -0.4 is 10.6 Å². The van der Waals surface area contributed by atoms with Gasteiger partial charge in [-0.15, -0.1) is 0 Å². The van der Waals surface area contributed by atoms with Crippen molar-refractivity contribution in [1.82, 2.24) is 15.6 Å². The van der Waals surface area contributed by atoms with Crippen molar-refractivity contribution in [2.24, 2.45) is 0 Å². The molecule has 1 aromatic heterocycles. The van der Waals surface area contributed by atoms with Gasteiger partial charge in [-0.2, -0.15) is 8.78 Å². The molecule has 0 spiro atoms. The number of aromatic nitrogens is 1. The summed E-state index contributed by atoms with van der Waals surface area (Å²) in [4.78, 5) is 38.3. The lowest BCUT2D eigenvalue weighted by molar-refractivity contribution is -0.127. The highest BCUT2D eigenvalue weighted by atomic mass is 32.2. The smallest absolute Gasteiger partial charge is 0.341 e. The molecule has 24 heavy (non-hydrogen) atoms. The summed E-state index contributed by atoms with van der Waals surface area (Å²) in [5.41, 5.74) is -0.156. The summed E-state index contributed by atoms with van der Waals surface area (Å²) in [6.45, 7) is 1.51. The van der Waals surface area contributed by atoms with E-state index < -0.39 is 24.2 Å². The topological polar surface area (TPSA) is 97.4 Å². The number of nitrogens with one attached hydrogen (secondary N) is 2. The SMILES string of the molecule is CCCNC(=O)CNC(=O)COC(=O)c1cccnc1SC(F)F. The number of alkyl halides is 2. The van der Waals surface area contributed by atoms with Crippen molar-refractivity contribution in [2.75, 3.05) is 19.7 Å². The number of rotatable bonds is 9. The van der Waals surface area contributed by atoms with Gasteiger partial charge in [0.1, 0.15) is 5.03 Å². The van der Waals surface area contributed by atoms with Gasteiger partial charge in [-0.1, -0.05) is 6.92 Å². The average molecular weight is 361 g/mol. The minimum atomic E-state index is -2.74. The monoisotopic (exact) mass is 361 g/mol. The maximum atomic E-state index is 12.4. The lowest BCUT2D eigenvalue weighted by atomic mass is 10.3. The lowest BCUT2D eigenvalue weighted by Gasteiger charge is -2.09. The Labute approximate surface area is 141 Å². The summed E-state index contributed by atoms with van der Waals surface area (Å²) < 4.78 is 29.6. The molecule has 0 saturated heterocycles. The third-order valence-electron chi connectivity index (χ3n) is 2.54. The maximum Gasteiger partial charge on any atom is 0.341 e. The molecule has 0 radical (unpaired) electrons. The number of amides is 2.